The number of para-hydroxylation sites is 1. The first-order chi connectivity index (χ1) is 36.7. The molecule has 0 bridgehead atoms. The number of carboxylic acid groups (broad SMARTS) is 1. The zero-order valence-corrected chi connectivity index (χ0v) is 42.5. The number of aromatic hydroxyl groups is 2. The zero-order chi connectivity index (χ0) is 58.4. The summed E-state index contributed by atoms with van der Waals surface area (Å²) in [7, 11) is 1.43. The molecule has 5 unspecified atom stereocenters. The Morgan fingerprint density at radius 1 is 0.696 bits per heavy atom. The summed E-state index contributed by atoms with van der Waals surface area (Å²) >= 11 is 5.92. The third-order valence-electron chi connectivity index (χ3n) is 13.6. The van der Waals surface area contributed by atoms with E-state index in [0.717, 1.165) is 27.6 Å². The number of phenolic OH excluding ortho intramolecular Hbond substituents is 2. The standard InChI is InChI=1S/C12H11ClF3NO2.C12H11F3N2.C12H14F3NO2.C10H10F3N.C6H9F3N2/c13-8-4-6(5-10(18)19)3-7-1-2-9(12(14,15)16)17-11(7)8;13-12(14,15)11-10-8(5-6-16-11)7-3-1-2-4-9(7)17-10;1-16-3-2-7-4-9(17)10(18)5-8(7)6-11(16)12(13,14)15;11-10(12,13)9-5-7-3-1-2-4-8(7)6-14-9;7-6(8,9)4-2-1-3-5(10)11-4/h3-4,9,17H,1-2,5H2,(H,18,19);1-4,11,16-17H,5-6H2;4-5,11,17-18H,2-3,6H2,1H3;1-4,9,14H,5-6H2;4H,1-3H2,(H2,10,11). The van der Waals surface area contributed by atoms with Crippen molar-refractivity contribution in [2.45, 2.75) is 132 Å². The number of nitrogens with zero attached hydrogens (tertiary/aromatic N) is 2. The summed E-state index contributed by atoms with van der Waals surface area (Å²) in [6, 6.07) is 12.4. The van der Waals surface area contributed by atoms with Gasteiger partial charge in [-0.15, -0.1) is 0 Å². The van der Waals surface area contributed by atoms with Crippen LogP contribution in [-0.4, -0.2) is 112 Å². The van der Waals surface area contributed by atoms with Crippen molar-refractivity contribution < 1.29 is 86.0 Å². The van der Waals surface area contributed by atoms with E-state index in [2.05, 4.69) is 25.9 Å². The number of H-pyrrole nitrogens is 1. The summed E-state index contributed by atoms with van der Waals surface area (Å²) in [6.07, 6.45) is -19.4. The molecule has 0 amide bonds. The van der Waals surface area contributed by atoms with Gasteiger partial charge in [0.05, 0.1) is 23.0 Å². The highest BCUT2D eigenvalue weighted by atomic mass is 35.5. The molecule has 434 valence electrons. The first-order valence-corrected chi connectivity index (χ1v) is 24.9. The van der Waals surface area contributed by atoms with Gasteiger partial charge in [0.1, 0.15) is 30.2 Å². The molecule has 10 rings (SSSR count). The topological polar surface area (TPSA) is 171 Å². The van der Waals surface area contributed by atoms with Gasteiger partial charge in [-0.05, 0) is 122 Å². The van der Waals surface area contributed by atoms with E-state index >= 15 is 0 Å². The highest BCUT2D eigenvalue weighted by Gasteiger charge is 2.46. The number of alkyl halides is 15. The van der Waals surface area contributed by atoms with E-state index in [-0.39, 0.29) is 78.8 Å². The number of aliphatic imine (C=N–C) groups is 1. The van der Waals surface area contributed by atoms with E-state index < -0.39 is 67.1 Å². The molecule has 11 nitrogen and oxygen atoms in total. The number of rotatable bonds is 2. The molecule has 5 aliphatic rings. The van der Waals surface area contributed by atoms with Crippen LogP contribution in [0.3, 0.4) is 0 Å². The molecule has 6 heterocycles. The van der Waals surface area contributed by atoms with Crippen LogP contribution < -0.4 is 21.7 Å². The van der Waals surface area contributed by atoms with Gasteiger partial charge in [-0.2, -0.15) is 65.9 Å². The van der Waals surface area contributed by atoms with Crippen molar-refractivity contribution in [3.05, 3.63) is 122 Å². The number of fused-ring (bicyclic) bond motifs is 6. The fourth-order valence-corrected chi connectivity index (χ4v) is 9.93. The Morgan fingerprint density at radius 2 is 1.33 bits per heavy atom. The lowest BCUT2D eigenvalue weighted by atomic mass is 9.95. The number of aromatic amines is 1. The third kappa shape index (κ3) is 16.7. The fourth-order valence-electron chi connectivity index (χ4n) is 9.61. The number of hydrogen-bond donors (Lipinski definition) is 8. The number of phenols is 2. The summed E-state index contributed by atoms with van der Waals surface area (Å²) in [6.45, 7) is 0.931. The first-order valence-electron chi connectivity index (χ1n) is 24.5. The molecule has 0 aliphatic carbocycles. The normalized spacial score (nSPS) is 21.3. The van der Waals surface area contributed by atoms with Crippen LogP contribution in [0.4, 0.5) is 71.5 Å². The molecule has 0 spiro atoms. The molecule has 27 heteroatoms. The molecule has 4 aromatic carbocycles. The maximum atomic E-state index is 12.9. The maximum Gasteiger partial charge on any atom is 0.410 e. The summed E-state index contributed by atoms with van der Waals surface area (Å²) in [5, 5.41) is 35.9. The van der Waals surface area contributed by atoms with Gasteiger partial charge in [-0.1, -0.05) is 60.1 Å². The lowest BCUT2D eigenvalue weighted by Crippen LogP contribution is -2.46. The van der Waals surface area contributed by atoms with Crippen LogP contribution in [0.25, 0.3) is 10.9 Å². The highest BCUT2D eigenvalue weighted by molar-refractivity contribution is 6.33. The Labute approximate surface area is 447 Å². The van der Waals surface area contributed by atoms with Crippen molar-refractivity contribution in [2.24, 2.45) is 10.7 Å². The molecule has 9 N–H and O–H groups in total. The molecule has 0 radical (unpaired) electrons. The van der Waals surface area contributed by atoms with Gasteiger partial charge in [0.2, 0.25) is 0 Å². The maximum absolute atomic E-state index is 12.9. The minimum absolute atomic E-state index is 0.0413. The predicted molar refractivity (Wildman–Crippen MR) is 265 cm³/mol. The number of aliphatic carboxylic acids is 1. The van der Waals surface area contributed by atoms with E-state index in [1.807, 2.05) is 30.3 Å². The minimum atomic E-state index is -4.32. The summed E-state index contributed by atoms with van der Waals surface area (Å²) in [5.41, 5.74) is 11.2. The van der Waals surface area contributed by atoms with Crippen molar-refractivity contribution in [3.63, 3.8) is 0 Å². The monoisotopic (exact) mass is 1160 g/mol. The van der Waals surface area contributed by atoms with Crippen molar-refractivity contribution >= 4 is 40.0 Å². The van der Waals surface area contributed by atoms with Gasteiger partial charge in [0.15, 0.2) is 11.5 Å². The second-order valence-corrected chi connectivity index (χ2v) is 19.7. The average Bonchev–Trinajstić information content (AvgIpc) is 3.70. The van der Waals surface area contributed by atoms with Crippen LogP contribution in [0.2, 0.25) is 5.02 Å². The molecule has 0 fully saturated rings. The number of halogens is 16. The van der Waals surface area contributed by atoms with Crippen LogP contribution in [0.15, 0.2) is 77.8 Å². The Balaban J connectivity index is 0.000000161. The smallest absolute Gasteiger partial charge is 0.410 e. The summed E-state index contributed by atoms with van der Waals surface area (Å²) in [5.74, 6) is -1.55. The van der Waals surface area contributed by atoms with Crippen molar-refractivity contribution in [1.29, 1.82) is 0 Å². The molecule has 5 aromatic rings. The van der Waals surface area contributed by atoms with Gasteiger partial charge >= 0.3 is 36.9 Å². The molecule has 1 aromatic heterocycles. The van der Waals surface area contributed by atoms with Crippen molar-refractivity contribution in [3.8, 4) is 11.5 Å². The van der Waals surface area contributed by atoms with Gasteiger partial charge < -0.3 is 42.0 Å². The number of nitrogens with two attached hydrogens (primary N) is 1. The van der Waals surface area contributed by atoms with Crippen LogP contribution in [0.5, 0.6) is 11.5 Å². The summed E-state index contributed by atoms with van der Waals surface area (Å²) < 4.78 is 188. The Morgan fingerprint density at radius 3 is 1.92 bits per heavy atom. The number of benzene rings is 4. The van der Waals surface area contributed by atoms with E-state index in [1.54, 1.807) is 24.3 Å². The van der Waals surface area contributed by atoms with Crippen molar-refractivity contribution in [2.75, 3.05) is 25.5 Å². The van der Waals surface area contributed by atoms with E-state index in [4.69, 9.17) is 22.4 Å². The number of carbonyl (C=O) groups is 1. The van der Waals surface area contributed by atoms with Gasteiger partial charge in [-0.3, -0.25) is 14.7 Å². The Hall–Kier alpha value is -6.12. The number of nitrogens with one attached hydrogen (secondary N) is 4. The van der Waals surface area contributed by atoms with Gasteiger partial charge in [-0.25, -0.2) is 0 Å². The van der Waals surface area contributed by atoms with Crippen LogP contribution in [0, 0.1) is 0 Å². The van der Waals surface area contributed by atoms with E-state index in [1.165, 1.54) is 30.1 Å². The fraction of sp³-hybridized carbons (Fsp3) is 0.462. The molecule has 5 atom stereocenters. The van der Waals surface area contributed by atoms with E-state index in [9.17, 15) is 80.9 Å². The Bertz CT molecular complexity index is 2920. The largest absolute Gasteiger partial charge is 0.504 e. The first kappa shape index (κ1) is 62.1. The van der Waals surface area contributed by atoms with Gasteiger partial charge in [0.25, 0.3) is 0 Å². The lowest BCUT2D eigenvalue weighted by Gasteiger charge is -2.29. The number of aryl methyl sites for hydroxylation is 1. The molecular weight excluding hydrogens is 1110 g/mol. The number of anilines is 1. The number of likely N-dealkylation sites (N-methyl/N-ethyl adjacent to an activating group) is 1. The average molecular weight is 1160 g/mol. The second-order valence-electron chi connectivity index (χ2n) is 19.3. The van der Waals surface area contributed by atoms with Crippen molar-refractivity contribution in [1.82, 2.24) is 20.5 Å². The SMILES string of the molecule is CN1CCc2cc(O)c(O)cc2CC1C(F)(F)F.FC(F)(F)C1Cc2ccccc2CN1.FC(F)(F)C1NCCc2c1[nH]c1ccccc21.NC1=NC(C(F)(F)F)CCC1.O=C(O)Cc1cc(Cl)c2c(c1)CCC(C(F)(F)F)N2. The number of carboxylic acids is 1. The molecular formula is C52H55ClF15N7O4. The number of hydrogen-bond acceptors (Lipinski definition) is 9. The molecule has 0 saturated heterocycles. The third-order valence-corrected chi connectivity index (χ3v) is 13.9. The minimum Gasteiger partial charge on any atom is -0.504 e. The van der Waals surface area contributed by atoms with Gasteiger partial charge in [0, 0.05) is 42.7 Å². The zero-order valence-electron chi connectivity index (χ0n) is 41.8. The Kier molecular flexibility index (Phi) is 19.7. The quantitative estimate of drug-likeness (QED) is 0.0633. The lowest BCUT2D eigenvalue weighted by molar-refractivity contribution is -0.179. The number of amidine groups is 1. The molecule has 79 heavy (non-hydrogen) atoms. The number of aromatic nitrogens is 1. The highest BCUT2D eigenvalue weighted by Crippen LogP contribution is 2.41. The van der Waals surface area contributed by atoms with Crippen LogP contribution in [0.1, 0.15) is 76.4 Å². The predicted octanol–water partition coefficient (Wildman–Crippen LogP) is 12.0. The second kappa shape index (κ2) is 25.1. The van der Waals surface area contributed by atoms with E-state index in [0.29, 0.717) is 61.0 Å². The summed E-state index contributed by atoms with van der Waals surface area (Å²) in [4.78, 5) is 18.1. The van der Waals surface area contributed by atoms with Crippen LogP contribution >= 0.6 is 11.6 Å². The molecule has 5 aliphatic heterocycles. The molecule has 0 saturated carbocycles. The van der Waals surface area contributed by atoms with Crippen LogP contribution in [-0.2, 0) is 49.9 Å².